The van der Waals surface area contributed by atoms with Crippen molar-refractivity contribution in [1.82, 2.24) is 0 Å². The summed E-state index contributed by atoms with van der Waals surface area (Å²) in [4.78, 5) is 0. The Morgan fingerprint density at radius 1 is 1.50 bits per heavy atom. The zero-order chi connectivity index (χ0) is 8.97. The van der Waals surface area contributed by atoms with Gasteiger partial charge < -0.3 is 10.5 Å². The molecular formula is C10H17NO. The van der Waals surface area contributed by atoms with Crippen molar-refractivity contribution < 1.29 is 4.74 Å². The maximum absolute atomic E-state index is 5.50. The van der Waals surface area contributed by atoms with E-state index in [-0.39, 0.29) is 0 Å². The molecule has 2 N–H and O–H groups in total. The minimum atomic E-state index is 0.652. The lowest BCUT2D eigenvalue weighted by Gasteiger charge is -2.22. The van der Waals surface area contributed by atoms with Crippen LogP contribution in [0.1, 0.15) is 19.8 Å². The van der Waals surface area contributed by atoms with E-state index in [0.717, 1.165) is 26.1 Å². The molecule has 0 saturated carbocycles. The molecule has 0 aliphatic carbocycles. The van der Waals surface area contributed by atoms with Crippen LogP contribution in [0.5, 0.6) is 0 Å². The van der Waals surface area contributed by atoms with E-state index in [1.165, 1.54) is 5.57 Å². The minimum Gasteiger partial charge on any atom is -0.399 e. The van der Waals surface area contributed by atoms with Gasteiger partial charge in [0.05, 0.1) is 0 Å². The van der Waals surface area contributed by atoms with E-state index in [2.05, 4.69) is 13.5 Å². The SMILES string of the molecule is C=C(N)/C=C(\C)C1CCOCC1. The summed E-state index contributed by atoms with van der Waals surface area (Å²) >= 11 is 0. The summed E-state index contributed by atoms with van der Waals surface area (Å²) < 4.78 is 5.27. The highest BCUT2D eigenvalue weighted by Gasteiger charge is 2.14. The second kappa shape index (κ2) is 4.31. The molecule has 0 bridgehead atoms. The predicted molar refractivity (Wildman–Crippen MR) is 50.6 cm³/mol. The second-order valence-corrected chi connectivity index (χ2v) is 3.35. The molecule has 1 heterocycles. The van der Waals surface area contributed by atoms with E-state index in [0.29, 0.717) is 11.6 Å². The Morgan fingerprint density at radius 3 is 2.58 bits per heavy atom. The van der Waals surface area contributed by atoms with Gasteiger partial charge >= 0.3 is 0 Å². The summed E-state index contributed by atoms with van der Waals surface area (Å²) in [6, 6.07) is 0. The highest BCUT2D eigenvalue weighted by Crippen LogP contribution is 2.22. The zero-order valence-electron chi connectivity index (χ0n) is 7.68. The monoisotopic (exact) mass is 167 g/mol. The van der Waals surface area contributed by atoms with E-state index in [9.17, 15) is 0 Å². The van der Waals surface area contributed by atoms with Gasteiger partial charge in [0.2, 0.25) is 0 Å². The lowest BCUT2D eigenvalue weighted by Crippen LogP contribution is -2.16. The Bertz CT molecular complexity index is 190. The number of allylic oxidation sites excluding steroid dienone is 2. The second-order valence-electron chi connectivity index (χ2n) is 3.35. The van der Waals surface area contributed by atoms with Crippen molar-refractivity contribution in [3.05, 3.63) is 23.9 Å². The molecule has 68 valence electrons. The van der Waals surface area contributed by atoms with Gasteiger partial charge in [0.15, 0.2) is 0 Å². The predicted octanol–water partition coefficient (Wildman–Crippen LogP) is 1.83. The van der Waals surface area contributed by atoms with Gasteiger partial charge in [0.1, 0.15) is 0 Å². The van der Waals surface area contributed by atoms with Crippen LogP contribution in [0.4, 0.5) is 0 Å². The van der Waals surface area contributed by atoms with Gasteiger partial charge in [-0.15, -0.1) is 0 Å². The average Bonchev–Trinajstić information content (AvgIpc) is 2.05. The first kappa shape index (κ1) is 9.33. The molecule has 1 rings (SSSR count). The van der Waals surface area contributed by atoms with E-state index in [1.54, 1.807) is 0 Å². The summed E-state index contributed by atoms with van der Waals surface area (Å²) in [6.45, 7) is 7.54. The minimum absolute atomic E-state index is 0.652. The topological polar surface area (TPSA) is 35.2 Å². The summed E-state index contributed by atoms with van der Waals surface area (Å²) in [5.74, 6) is 0.652. The van der Waals surface area contributed by atoms with E-state index in [4.69, 9.17) is 10.5 Å². The summed E-state index contributed by atoms with van der Waals surface area (Å²) in [6.07, 6.45) is 4.21. The molecule has 0 spiro atoms. The van der Waals surface area contributed by atoms with E-state index >= 15 is 0 Å². The molecule has 12 heavy (non-hydrogen) atoms. The molecule has 1 aliphatic rings. The van der Waals surface area contributed by atoms with Gasteiger partial charge in [-0.2, -0.15) is 0 Å². The largest absolute Gasteiger partial charge is 0.399 e. The normalized spacial score (nSPS) is 20.9. The third-order valence-electron chi connectivity index (χ3n) is 2.28. The van der Waals surface area contributed by atoms with Crippen molar-refractivity contribution in [2.45, 2.75) is 19.8 Å². The molecule has 2 nitrogen and oxygen atoms in total. The third-order valence-corrected chi connectivity index (χ3v) is 2.28. The lowest BCUT2D eigenvalue weighted by molar-refractivity contribution is 0.0757. The maximum atomic E-state index is 5.50. The molecule has 1 saturated heterocycles. The van der Waals surface area contributed by atoms with Gasteiger partial charge in [-0.05, 0) is 31.8 Å². The molecule has 0 radical (unpaired) electrons. The Labute approximate surface area is 74.1 Å². The Balaban J connectivity index is 2.49. The highest BCUT2D eigenvalue weighted by molar-refractivity contribution is 5.18. The third kappa shape index (κ3) is 2.70. The van der Waals surface area contributed by atoms with Crippen LogP contribution in [0.2, 0.25) is 0 Å². The summed E-state index contributed by atoms with van der Waals surface area (Å²) in [5, 5.41) is 0. The average molecular weight is 167 g/mol. The molecule has 0 aromatic carbocycles. The van der Waals surface area contributed by atoms with E-state index in [1.807, 2.05) is 6.08 Å². The first-order chi connectivity index (χ1) is 5.70. The van der Waals surface area contributed by atoms with Crippen molar-refractivity contribution >= 4 is 0 Å². The van der Waals surface area contributed by atoms with Crippen LogP contribution in [-0.4, -0.2) is 13.2 Å². The quantitative estimate of drug-likeness (QED) is 0.637. The van der Waals surface area contributed by atoms with E-state index < -0.39 is 0 Å². The van der Waals surface area contributed by atoms with Crippen molar-refractivity contribution in [2.24, 2.45) is 11.7 Å². The maximum Gasteiger partial charge on any atom is 0.0471 e. The van der Waals surface area contributed by atoms with Crippen LogP contribution >= 0.6 is 0 Å². The van der Waals surface area contributed by atoms with Crippen LogP contribution in [0.3, 0.4) is 0 Å². The standard InChI is InChI=1S/C10H17NO/c1-8(7-9(2)11)10-3-5-12-6-4-10/h7,10H,2-6,11H2,1H3/b8-7+. The first-order valence-electron chi connectivity index (χ1n) is 4.40. The van der Waals surface area contributed by atoms with Crippen molar-refractivity contribution in [3.63, 3.8) is 0 Å². The molecule has 0 atom stereocenters. The zero-order valence-corrected chi connectivity index (χ0v) is 7.68. The van der Waals surface area contributed by atoms with Crippen LogP contribution in [0.25, 0.3) is 0 Å². The molecule has 0 unspecified atom stereocenters. The fraction of sp³-hybridized carbons (Fsp3) is 0.600. The van der Waals surface area contributed by atoms with Crippen molar-refractivity contribution in [2.75, 3.05) is 13.2 Å². The first-order valence-corrected chi connectivity index (χ1v) is 4.40. The number of ether oxygens (including phenoxy) is 1. The van der Waals surface area contributed by atoms with Crippen LogP contribution in [-0.2, 0) is 4.74 Å². The molecule has 0 amide bonds. The number of hydrogen-bond acceptors (Lipinski definition) is 2. The Kier molecular flexibility index (Phi) is 3.35. The van der Waals surface area contributed by atoms with Gasteiger partial charge in [0, 0.05) is 18.9 Å². The number of hydrogen-bond donors (Lipinski definition) is 1. The Hall–Kier alpha value is -0.760. The summed E-state index contributed by atoms with van der Waals surface area (Å²) in [7, 11) is 0. The van der Waals surface area contributed by atoms with Crippen LogP contribution in [0, 0.1) is 5.92 Å². The van der Waals surface area contributed by atoms with Gasteiger partial charge in [-0.25, -0.2) is 0 Å². The van der Waals surface area contributed by atoms with Gasteiger partial charge in [-0.3, -0.25) is 0 Å². The van der Waals surface area contributed by atoms with Crippen LogP contribution < -0.4 is 5.73 Å². The molecule has 1 aliphatic heterocycles. The number of nitrogens with two attached hydrogens (primary N) is 1. The van der Waals surface area contributed by atoms with Crippen molar-refractivity contribution in [3.8, 4) is 0 Å². The van der Waals surface area contributed by atoms with Gasteiger partial charge in [0.25, 0.3) is 0 Å². The molecule has 1 fully saturated rings. The number of rotatable bonds is 2. The fourth-order valence-electron chi connectivity index (χ4n) is 1.56. The van der Waals surface area contributed by atoms with Crippen LogP contribution in [0.15, 0.2) is 23.9 Å². The lowest BCUT2D eigenvalue weighted by atomic mass is 9.92. The van der Waals surface area contributed by atoms with Gasteiger partial charge in [-0.1, -0.05) is 12.2 Å². The smallest absolute Gasteiger partial charge is 0.0471 e. The molecular weight excluding hydrogens is 150 g/mol. The highest BCUT2D eigenvalue weighted by atomic mass is 16.5. The molecule has 0 aromatic rings. The fourth-order valence-corrected chi connectivity index (χ4v) is 1.56. The molecule has 2 heteroatoms. The molecule has 0 aromatic heterocycles. The Morgan fingerprint density at radius 2 is 2.08 bits per heavy atom. The summed E-state index contributed by atoms with van der Waals surface area (Å²) in [5.41, 5.74) is 7.49. The van der Waals surface area contributed by atoms with Crippen molar-refractivity contribution in [1.29, 1.82) is 0 Å².